The predicted molar refractivity (Wildman–Crippen MR) is 136 cm³/mol. The molecule has 0 spiro atoms. The van der Waals surface area contributed by atoms with E-state index >= 15 is 0 Å². The summed E-state index contributed by atoms with van der Waals surface area (Å²) < 4.78 is 0. The lowest BCUT2D eigenvalue weighted by Gasteiger charge is -2.15. The van der Waals surface area contributed by atoms with Crippen LogP contribution in [-0.4, -0.2) is 9.97 Å². The van der Waals surface area contributed by atoms with E-state index in [1.54, 1.807) is 0 Å². The average molecular weight is 417 g/mol. The Morgan fingerprint density at radius 3 is 1.38 bits per heavy atom. The van der Waals surface area contributed by atoms with Gasteiger partial charge in [-0.05, 0) is 61.1 Å². The van der Waals surface area contributed by atoms with Crippen LogP contribution in [0.25, 0.3) is 44.1 Å². The van der Waals surface area contributed by atoms with Gasteiger partial charge in [0.25, 0.3) is 0 Å². The van der Waals surface area contributed by atoms with E-state index in [-0.39, 0.29) is 0 Å². The minimum Gasteiger partial charge on any atom is -0.251 e. The van der Waals surface area contributed by atoms with Crippen LogP contribution in [0.5, 0.6) is 0 Å². The topological polar surface area (TPSA) is 25.8 Å². The molecule has 2 nitrogen and oxygen atoms in total. The molecule has 0 fully saturated rings. The molecule has 158 valence electrons. The highest BCUT2D eigenvalue weighted by atomic mass is 14.8. The van der Waals surface area contributed by atoms with Crippen LogP contribution in [0.15, 0.2) is 72.8 Å². The van der Waals surface area contributed by atoms with E-state index < -0.39 is 0 Å². The molecular formula is C30H28N2. The number of hydrogen-bond donors (Lipinski definition) is 0. The maximum atomic E-state index is 5.10. The van der Waals surface area contributed by atoms with Crippen LogP contribution in [0, 0.1) is 13.8 Å². The molecule has 0 radical (unpaired) electrons. The van der Waals surface area contributed by atoms with Crippen molar-refractivity contribution in [1.82, 2.24) is 9.97 Å². The van der Waals surface area contributed by atoms with E-state index in [2.05, 4.69) is 100 Å². The Morgan fingerprint density at radius 2 is 1.00 bits per heavy atom. The number of fused-ring (bicyclic) bond motifs is 3. The van der Waals surface area contributed by atoms with Crippen molar-refractivity contribution in [2.45, 2.75) is 40.5 Å². The summed E-state index contributed by atoms with van der Waals surface area (Å²) in [4.78, 5) is 10.2. The molecule has 5 aromatic rings. The Morgan fingerprint density at radius 1 is 0.562 bits per heavy atom. The van der Waals surface area contributed by atoms with Crippen LogP contribution in [0.2, 0.25) is 0 Å². The summed E-state index contributed by atoms with van der Waals surface area (Å²) in [6.07, 6.45) is 1.78. The van der Waals surface area contributed by atoms with Gasteiger partial charge in [0.05, 0.1) is 11.0 Å². The van der Waals surface area contributed by atoms with Gasteiger partial charge in [0.15, 0.2) is 0 Å². The molecule has 0 N–H and O–H groups in total. The highest BCUT2D eigenvalue weighted by molar-refractivity contribution is 6.12. The number of nitrogens with zero attached hydrogens (tertiary/aromatic N) is 2. The molecule has 0 aliphatic rings. The van der Waals surface area contributed by atoms with E-state index in [4.69, 9.17) is 9.97 Å². The summed E-state index contributed by atoms with van der Waals surface area (Å²) in [5.41, 5.74) is 11.7. The molecule has 0 saturated carbocycles. The molecule has 0 amide bonds. The number of aromatic nitrogens is 2. The van der Waals surface area contributed by atoms with Gasteiger partial charge in [0.2, 0.25) is 0 Å². The molecular weight excluding hydrogens is 388 g/mol. The highest BCUT2D eigenvalue weighted by Gasteiger charge is 2.15. The van der Waals surface area contributed by atoms with E-state index in [0.717, 1.165) is 46.0 Å². The van der Waals surface area contributed by atoms with Gasteiger partial charge in [-0.3, -0.25) is 9.97 Å². The smallest absolute Gasteiger partial charge is 0.0974 e. The van der Waals surface area contributed by atoms with Crippen molar-refractivity contribution in [2.24, 2.45) is 0 Å². The Hall–Kier alpha value is -3.52. The van der Waals surface area contributed by atoms with Gasteiger partial charge in [0.1, 0.15) is 0 Å². The van der Waals surface area contributed by atoms with Gasteiger partial charge >= 0.3 is 0 Å². The number of hydrogen-bond acceptors (Lipinski definition) is 2. The quantitative estimate of drug-likeness (QED) is 0.279. The fourth-order valence-corrected chi connectivity index (χ4v) is 4.55. The second-order valence-electron chi connectivity index (χ2n) is 8.63. The van der Waals surface area contributed by atoms with Crippen LogP contribution in [0.3, 0.4) is 0 Å². The van der Waals surface area contributed by atoms with Crippen LogP contribution in [0.4, 0.5) is 0 Å². The Labute approximate surface area is 190 Å². The van der Waals surface area contributed by atoms with Crippen molar-refractivity contribution in [3.05, 3.63) is 95.3 Å². The first kappa shape index (κ1) is 20.4. The van der Waals surface area contributed by atoms with Crippen molar-refractivity contribution >= 4 is 21.8 Å². The molecule has 0 saturated heterocycles. The number of pyridine rings is 2. The molecule has 0 bridgehead atoms. The van der Waals surface area contributed by atoms with Gasteiger partial charge in [0, 0.05) is 22.2 Å². The van der Waals surface area contributed by atoms with Crippen molar-refractivity contribution in [2.75, 3.05) is 0 Å². The van der Waals surface area contributed by atoms with Crippen molar-refractivity contribution in [3.63, 3.8) is 0 Å². The highest BCUT2D eigenvalue weighted by Crippen LogP contribution is 2.37. The third-order valence-corrected chi connectivity index (χ3v) is 6.25. The molecule has 0 atom stereocenters. The fraction of sp³-hybridized carbons (Fsp3) is 0.200. The third-order valence-electron chi connectivity index (χ3n) is 6.25. The summed E-state index contributed by atoms with van der Waals surface area (Å²) >= 11 is 0. The van der Waals surface area contributed by atoms with E-state index in [0.29, 0.717) is 0 Å². The van der Waals surface area contributed by atoms with Gasteiger partial charge in [-0.25, -0.2) is 0 Å². The van der Waals surface area contributed by atoms with Gasteiger partial charge in [-0.15, -0.1) is 0 Å². The third kappa shape index (κ3) is 3.56. The zero-order chi connectivity index (χ0) is 22.2. The summed E-state index contributed by atoms with van der Waals surface area (Å²) in [7, 11) is 0. The first-order valence-electron chi connectivity index (χ1n) is 11.5. The van der Waals surface area contributed by atoms with Crippen molar-refractivity contribution in [3.8, 4) is 22.3 Å². The number of aryl methyl sites for hydroxylation is 4. The van der Waals surface area contributed by atoms with Crippen molar-refractivity contribution in [1.29, 1.82) is 0 Å². The minimum absolute atomic E-state index is 0.892. The zero-order valence-electron chi connectivity index (χ0n) is 19.2. The summed E-state index contributed by atoms with van der Waals surface area (Å²) in [5.74, 6) is 0. The number of benzene rings is 3. The van der Waals surface area contributed by atoms with Gasteiger partial charge < -0.3 is 0 Å². The number of rotatable bonds is 4. The normalized spacial score (nSPS) is 11.4. The zero-order valence-corrected chi connectivity index (χ0v) is 19.2. The van der Waals surface area contributed by atoms with Crippen LogP contribution in [-0.2, 0) is 12.8 Å². The molecule has 5 rings (SSSR count). The standard InChI is InChI=1S/C30H28N2/c1-5-23-17-27(21-11-7-9-19(3)15-21)25-13-14-26-28(22-12-8-10-20(4)16-22)18-24(6-2)32-30(26)29(25)31-23/h7-18H,5-6H2,1-4H3. The van der Waals surface area contributed by atoms with E-state index in [9.17, 15) is 0 Å². The fourth-order valence-electron chi connectivity index (χ4n) is 4.55. The SMILES string of the molecule is CCc1cc(-c2cccc(C)c2)c2ccc3c(-c4cccc(C)c4)cc(CC)nc3c2n1. The lowest BCUT2D eigenvalue weighted by atomic mass is 9.94. The molecule has 0 aliphatic carbocycles. The molecule has 2 aromatic heterocycles. The van der Waals surface area contributed by atoms with Gasteiger partial charge in [-0.2, -0.15) is 0 Å². The molecule has 3 aromatic carbocycles. The molecule has 0 aliphatic heterocycles. The van der Waals surface area contributed by atoms with Gasteiger partial charge in [-0.1, -0.05) is 85.6 Å². The van der Waals surface area contributed by atoms with E-state index in [1.807, 2.05) is 0 Å². The van der Waals surface area contributed by atoms with Crippen molar-refractivity contribution < 1.29 is 0 Å². The van der Waals surface area contributed by atoms with E-state index in [1.165, 1.54) is 33.4 Å². The lowest BCUT2D eigenvalue weighted by molar-refractivity contribution is 1.05. The maximum Gasteiger partial charge on any atom is 0.0974 e. The molecule has 2 heteroatoms. The molecule has 32 heavy (non-hydrogen) atoms. The second kappa shape index (κ2) is 8.20. The Bertz CT molecular complexity index is 1350. The first-order chi connectivity index (χ1) is 15.6. The largest absolute Gasteiger partial charge is 0.251 e. The summed E-state index contributed by atoms with van der Waals surface area (Å²) in [6, 6.07) is 26.4. The lowest BCUT2D eigenvalue weighted by Crippen LogP contribution is -1.97. The van der Waals surface area contributed by atoms with Crippen LogP contribution < -0.4 is 0 Å². The maximum absolute atomic E-state index is 5.10. The monoisotopic (exact) mass is 416 g/mol. The average Bonchev–Trinajstić information content (AvgIpc) is 2.82. The first-order valence-corrected chi connectivity index (χ1v) is 11.5. The second-order valence-corrected chi connectivity index (χ2v) is 8.63. The Kier molecular flexibility index (Phi) is 5.22. The molecule has 0 unspecified atom stereocenters. The molecule has 2 heterocycles. The summed E-state index contributed by atoms with van der Waals surface area (Å²) in [6.45, 7) is 8.63. The van der Waals surface area contributed by atoms with Crippen LogP contribution in [0.1, 0.15) is 36.4 Å². The summed E-state index contributed by atoms with van der Waals surface area (Å²) in [5, 5.41) is 2.33. The van der Waals surface area contributed by atoms with Crippen LogP contribution >= 0.6 is 0 Å². The Balaban J connectivity index is 1.89. The minimum atomic E-state index is 0.892. The predicted octanol–water partition coefficient (Wildman–Crippen LogP) is 7.86.